The van der Waals surface area contributed by atoms with Gasteiger partial charge in [0.05, 0.1) is 11.4 Å². The van der Waals surface area contributed by atoms with Gasteiger partial charge in [-0.2, -0.15) is 0 Å². The smallest absolute Gasteiger partial charge is 0.410 e. The van der Waals surface area contributed by atoms with Crippen molar-refractivity contribution in [3.63, 3.8) is 0 Å². The minimum atomic E-state index is -0.501. The van der Waals surface area contributed by atoms with E-state index in [4.69, 9.17) is 14.2 Å². The van der Waals surface area contributed by atoms with E-state index in [9.17, 15) is 19.2 Å². The molecule has 0 bridgehead atoms. The zero-order chi connectivity index (χ0) is 46.8. The van der Waals surface area contributed by atoms with E-state index in [0.29, 0.717) is 54.9 Å². The molecule has 4 aromatic heterocycles. The molecule has 2 aliphatic heterocycles. The molecule has 1 N–H and O–H groups in total. The zero-order valence-corrected chi connectivity index (χ0v) is 37.3. The Kier molecular flexibility index (Phi) is 16.5. The van der Waals surface area contributed by atoms with Crippen molar-refractivity contribution in [2.24, 2.45) is 0 Å². The second kappa shape index (κ2) is 23.7. The lowest BCUT2D eigenvalue weighted by Gasteiger charge is -2.36. The summed E-state index contributed by atoms with van der Waals surface area (Å²) in [5, 5.41) is 3.23. The highest BCUT2D eigenvalue weighted by atomic mass is 16.6. The lowest BCUT2D eigenvalue weighted by molar-refractivity contribution is 0.116. The Morgan fingerprint density at radius 1 is 0.552 bits per heavy atom. The van der Waals surface area contributed by atoms with E-state index < -0.39 is 6.09 Å². The number of nitrogens with zero attached hydrogens (tertiary/aromatic N) is 9. The monoisotopic (exact) mass is 904 g/mol. The highest BCUT2D eigenvalue weighted by Crippen LogP contribution is 2.21. The van der Waals surface area contributed by atoms with Gasteiger partial charge in [0.1, 0.15) is 29.9 Å². The summed E-state index contributed by atoms with van der Waals surface area (Å²) in [5.41, 5.74) is 3.14. The first-order valence-corrected chi connectivity index (χ1v) is 21.9. The van der Waals surface area contributed by atoms with Crippen molar-refractivity contribution in [1.29, 1.82) is 0 Å². The van der Waals surface area contributed by atoms with Crippen molar-refractivity contribution in [2.75, 3.05) is 40.3 Å². The largest absolute Gasteiger partial charge is 0.424 e. The van der Waals surface area contributed by atoms with Crippen LogP contribution in [0.2, 0.25) is 0 Å². The molecule has 2 saturated heterocycles. The van der Waals surface area contributed by atoms with Gasteiger partial charge in [-0.15, -0.1) is 0 Å². The standard InChI is InChI=1S/C22H23N5O3.C15H11N3O2.C13H18N2O2/c1-25(21(28)27-15-20(24-16-27)17-7-11-23-12-8-17)18-9-13-26(14-10-18)22(29)30-19-5-3-2-4-6-19;19-15(20-13-6-2-1-3-7-13)18-10-14(17-11-18)12-5-4-8-16-9-12;1-14-11-7-9-15(10-8-11)13(16)17-12-5-3-2-4-6-12/h2-8,11-12,15-16,18H,9-10,13-14H2,1H3;1-11H;2-6,11,14H,7-10H2,1H3. The first kappa shape index (κ1) is 46.8. The molecule has 3 aromatic carbocycles. The van der Waals surface area contributed by atoms with Crippen molar-refractivity contribution >= 4 is 24.3 Å². The molecule has 3 amide bonds. The highest BCUT2D eigenvalue weighted by molar-refractivity contribution is 5.78. The third-order valence-corrected chi connectivity index (χ3v) is 11.1. The molecular weight excluding hydrogens is 853 g/mol. The molecule has 0 saturated carbocycles. The molecule has 6 heterocycles. The number of piperidine rings is 2. The number of imidazole rings is 2. The maximum atomic E-state index is 12.9. The number of carbonyl (C=O) groups is 4. The lowest BCUT2D eigenvalue weighted by atomic mass is 10.0. The molecule has 0 aliphatic carbocycles. The summed E-state index contributed by atoms with van der Waals surface area (Å²) in [7, 11) is 3.75. The molecule has 17 heteroatoms. The second-order valence-electron chi connectivity index (χ2n) is 15.5. The SMILES string of the molecule is CN(C(=O)n1cnc(-c2ccncc2)c1)C1CCN(C(=O)Oc2ccccc2)CC1.CNC1CCN(C(=O)Oc2ccccc2)CC1.O=C(Oc1ccccc1)n1cnc(-c2cccnc2)c1. The molecule has 67 heavy (non-hydrogen) atoms. The molecule has 0 spiro atoms. The topological polar surface area (TPSA) is 179 Å². The van der Waals surface area contributed by atoms with Gasteiger partial charge in [-0.1, -0.05) is 54.6 Å². The molecule has 0 atom stereocenters. The summed E-state index contributed by atoms with van der Waals surface area (Å²) in [6.45, 7) is 2.61. The quantitative estimate of drug-likeness (QED) is 0.162. The molecular formula is C50H52N10O7. The molecule has 9 rings (SSSR count). The van der Waals surface area contributed by atoms with Gasteiger partial charge in [0, 0.05) is 93.6 Å². The van der Waals surface area contributed by atoms with Crippen LogP contribution in [0.4, 0.5) is 19.2 Å². The van der Waals surface area contributed by atoms with Crippen LogP contribution in [0.1, 0.15) is 25.7 Å². The van der Waals surface area contributed by atoms with Crippen LogP contribution in [0, 0.1) is 0 Å². The van der Waals surface area contributed by atoms with Crippen molar-refractivity contribution in [2.45, 2.75) is 37.8 Å². The van der Waals surface area contributed by atoms with Gasteiger partial charge in [0.2, 0.25) is 0 Å². The number of ether oxygens (including phenoxy) is 3. The Morgan fingerprint density at radius 2 is 1.03 bits per heavy atom. The Morgan fingerprint density at radius 3 is 1.54 bits per heavy atom. The van der Waals surface area contributed by atoms with Crippen LogP contribution in [-0.2, 0) is 0 Å². The van der Waals surface area contributed by atoms with E-state index >= 15 is 0 Å². The predicted molar refractivity (Wildman–Crippen MR) is 251 cm³/mol. The van der Waals surface area contributed by atoms with Gasteiger partial charge in [0.25, 0.3) is 0 Å². The van der Waals surface area contributed by atoms with E-state index in [1.54, 1.807) is 107 Å². The predicted octanol–water partition coefficient (Wildman–Crippen LogP) is 8.37. The van der Waals surface area contributed by atoms with Crippen LogP contribution in [0.3, 0.4) is 0 Å². The fourth-order valence-electron chi connectivity index (χ4n) is 7.26. The summed E-state index contributed by atoms with van der Waals surface area (Å²) in [6.07, 6.45) is 15.3. The van der Waals surface area contributed by atoms with E-state index in [0.717, 1.165) is 42.8 Å². The van der Waals surface area contributed by atoms with Gasteiger partial charge in [0.15, 0.2) is 0 Å². The van der Waals surface area contributed by atoms with Crippen molar-refractivity contribution in [3.8, 4) is 39.8 Å². The van der Waals surface area contributed by atoms with Crippen LogP contribution in [0.25, 0.3) is 22.5 Å². The summed E-state index contributed by atoms with van der Waals surface area (Å²) in [5.74, 6) is 1.63. The lowest BCUT2D eigenvalue weighted by Crippen LogP contribution is -2.48. The molecule has 0 radical (unpaired) electrons. The summed E-state index contributed by atoms with van der Waals surface area (Å²) in [6, 6.07) is 34.9. The number of hydrogen-bond donors (Lipinski definition) is 1. The second-order valence-corrected chi connectivity index (χ2v) is 15.5. The number of benzene rings is 3. The van der Waals surface area contributed by atoms with Gasteiger partial charge >= 0.3 is 24.3 Å². The number of nitrogens with one attached hydrogen (secondary N) is 1. The number of likely N-dealkylation sites (tertiary alicyclic amines) is 2. The number of rotatable bonds is 7. The minimum absolute atomic E-state index is 0.0463. The summed E-state index contributed by atoms with van der Waals surface area (Å²) >= 11 is 0. The number of carbonyl (C=O) groups excluding carboxylic acids is 4. The summed E-state index contributed by atoms with van der Waals surface area (Å²) in [4.78, 5) is 70.7. The Bertz CT molecular complexity index is 2620. The Hall–Kier alpha value is -8.18. The average Bonchev–Trinajstić information content (AvgIpc) is 4.10. The zero-order valence-electron chi connectivity index (χ0n) is 37.3. The van der Waals surface area contributed by atoms with E-state index in [1.165, 1.54) is 21.8 Å². The van der Waals surface area contributed by atoms with Crippen molar-refractivity contribution < 1.29 is 33.4 Å². The molecule has 2 fully saturated rings. The fourth-order valence-corrected chi connectivity index (χ4v) is 7.26. The van der Waals surface area contributed by atoms with E-state index in [1.807, 2.05) is 73.8 Å². The van der Waals surface area contributed by atoms with Crippen LogP contribution in [0.5, 0.6) is 17.2 Å². The number of para-hydroxylation sites is 3. The van der Waals surface area contributed by atoms with Gasteiger partial charge in [-0.3, -0.25) is 14.5 Å². The number of amides is 3. The van der Waals surface area contributed by atoms with Crippen LogP contribution in [-0.4, -0.2) is 120 Å². The molecule has 17 nitrogen and oxygen atoms in total. The third-order valence-electron chi connectivity index (χ3n) is 11.1. The fraction of sp³-hybridized carbons (Fsp3) is 0.240. The first-order valence-electron chi connectivity index (χ1n) is 21.9. The van der Waals surface area contributed by atoms with Crippen LogP contribution in [0.15, 0.2) is 165 Å². The third kappa shape index (κ3) is 13.4. The van der Waals surface area contributed by atoms with Gasteiger partial charge in [-0.25, -0.2) is 33.7 Å². The maximum absolute atomic E-state index is 12.9. The van der Waals surface area contributed by atoms with E-state index in [-0.39, 0.29) is 24.3 Å². The van der Waals surface area contributed by atoms with Gasteiger partial charge < -0.3 is 34.2 Å². The minimum Gasteiger partial charge on any atom is -0.410 e. The molecule has 0 unspecified atom stereocenters. The Balaban J connectivity index is 0.000000157. The van der Waals surface area contributed by atoms with Crippen LogP contribution >= 0.6 is 0 Å². The maximum Gasteiger partial charge on any atom is 0.424 e. The normalized spacial score (nSPS) is 13.8. The average molecular weight is 905 g/mol. The molecule has 2 aliphatic rings. The molecule has 344 valence electrons. The number of pyridine rings is 2. The molecule has 7 aromatic rings. The highest BCUT2D eigenvalue weighted by Gasteiger charge is 2.29. The number of aromatic nitrogens is 6. The van der Waals surface area contributed by atoms with Gasteiger partial charge in [-0.05, 0) is 93.4 Å². The first-order chi connectivity index (χ1) is 32.7. The van der Waals surface area contributed by atoms with Crippen molar-refractivity contribution in [3.05, 3.63) is 165 Å². The Labute approximate surface area is 388 Å². The number of hydrogen-bond acceptors (Lipinski definition) is 12. The van der Waals surface area contributed by atoms with Crippen molar-refractivity contribution in [1.82, 2.24) is 49.1 Å². The van der Waals surface area contributed by atoms with E-state index in [2.05, 4.69) is 25.3 Å². The van der Waals surface area contributed by atoms with Crippen LogP contribution < -0.4 is 19.5 Å². The summed E-state index contributed by atoms with van der Waals surface area (Å²) < 4.78 is 18.7.